The van der Waals surface area contributed by atoms with Crippen molar-refractivity contribution in [2.75, 3.05) is 5.73 Å². The van der Waals surface area contributed by atoms with Crippen molar-refractivity contribution >= 4 is 16.7 Å². The van der Waals surface area contributed by atoms with Gasteiger partial charge in [0.2, 0.25) is 0 Å². The first-order valence-electron chi connectivity index (χ1n) is 6.09. The maximum Gasteiger partial charge on any atom is 0.268 e. The highest BCUT2D eigenvalue weighted by Gasteiger charge is 2.19. The van der Waals surface area contributed by atoms with Crippen LogP contribution in [-0.4, -0.2) is 9.97 Å². The molecule has 0 aliphatic rings. The number of fused-ring (bicyclic) bond motifs is 1. The highest BCUT2D eigenvalue weighted by Crippen LogP contribution is 2.33. The highest BCUT2D eigenvalue weighted by atomic mass is 16.1. The number of nitrogens with zero attached hydrogens (tertiary/aromatic N) is 2. The lowest BCUT2D eigenvalue weighted by atomic mass is 9.94. The Kier molecular flexibility index (Phi) is 2.71. The van der Waals surface area contributed by atoms with Crippen LogP contribution in [0.25, 0.3) is 22.0 Å². The molecule has 100 valence electrons. The molecule has 0 aliphatic heterocycles. The SMILES string of the molecule is N#Cc1c(N)[nH]c(=O)c(C#N)c1-c1cccc2[nH]ccc12. The lowest BCUT2D eigenvalue weighted by Gasteiger charge is -2.09. The van der Waals surface area contributed by atoms with Crippen LogP contribution in [0.5, 0.6) is 0 Å². The number of anilines is 1. The molecule has 0 fully saturated rings. The van der Waals surface area contributed by atoms with Gasteiger partial charge in [0.15, 0.2) is 0 Å². The van der Waals surface area contributed by atoms with Gasteiger partial charge >= 0.3 is 0 Å². The Morgan fingerprint density at radius 1 is 1.10 bits per heavy atom. The molecule has 2 aromatic heterocycles. The number of aromatic nitrogens is 2. The molecule has 6 nitrogen and oxygen atoms in total. The van der Waals surface area contributed by atoms with E-state index in [1.165, 1.54) is 0 Å². The summed E-state index contributed by atoms with van der Waals surface area (Å²) in [5.41, 5.74) is 6.84. The van der Waals surface area contributed by atoms with E-state index in [4.69, 9.17) is 5.73 Å². The molecule has 0 atom stereocenters. The molecular formula is C15H9N5O. The van der Waals surface area contributed by atoms with Gasteiger partial charge in [-0.3, -0.25) is 4.79 Å². The molecule has 4 N–H and O–H groups in total. The third-order valence-corrected chi connectivity index (χ3v) is 3.33. The quantitative estimate of drug-likeness (QED) is 0.627. The predicted molar refractivity (Wildman–Crippen MR) is 78.2 cm³/mol. The first-order valence-corrected chi connectivity index (χ1v) is 6.09. The molecule has 0 radical (unpaired) electrons. The number of nitrogen functional groups attached to an aromatic ring is 1. The molecule has 0 saturated carbocycles. The minimum absolute atomic E-state index is 0.0379. The third kappa shape index (κ3) is 1.75. The average Bonchev–Trinajstić information content (AvgIpc) is 2.95. The van der Waals surface area contributed by atoms with Crippen LogP contribution < -0.4 is 11.3 Å². The number of nitriles is 2. The van der Waals surface area contributed by atoms with E-state index < -0.39 is 5.56 Å². The average molecular weight is 275 g/mol. The predicted octanol–water partition coefficient (Wildman–Crippen LogP) is 1.85. The number of benzene rings is 1. The number of nitrogens with one attached hydrogen (secondary N) is 2. The Morgan fingerprint density at radius 3 is 2.57 bits per heavy atom. The van der Waals surface area contributed by atoms with Crippen molar-refractivity contribution in [2.24, 2.45) is 0 Å². The van der Waals surface area contributed by atoms with E-state index in [2.05, 4.69) is 9.97 Å². The number of nitrogens with two attached hydrogens (primary N) is 1. The van der Waals surface area contributed by atoms with Crippen LogP contribution in [0.2, 0.25) is 0 Å². The summed E-state index contributed by atoms with van der Waals surface area (Å²) in [6.07, 6.45) is 1.75. The standard InChI is InChI=1S/C15H9N5O/c16-6-10-13(11(7-17)15(21)20-14(10)18)9-2-1-3-12-8(9)4-5-19-12/h1-5,19H,(H3,18,20,21). The molecule has 2 heterocycles. The van der Waals surface area contributed by atoms with Crippen molar-refractivity contribution in [1.29, 1.82) is 10.5 Å². The second-order valence-corrected chi connectivity index (χ2v) is 4.46. The lowest BCUT2D eigenvalue weighted by Crippen LogP contribution is -2.16. The topological polar surface area (TPSA) is 122 Å². The van der Waals surface area contributed by atoms with Crippen LogP contribution >= 0.6 is 0 Å². The van der Waals surface area contributed by atoms with Gasteiger partial charge in [0.05, 0.1) is 0 Å². The van der Waals surface area contributed by atoms with E-state index in [0.717, 1.165) is 10.9 Å². The maximum absolute atomic E-state index is 11.9. The highest BCUT2D eigenvalue weighted by molar-refractivity contribution is 5.98. The Labute approximate surface area is 119 Å². The Balaban J connectivity index is 2.54. The van der Waals surface area contributed by atoms with Crippen LogP contribution in [0.15, 0.2) is 35.3 Å². The van der Waals surface area contributed by atoms with Gasteiger partial charge in [0.1, 0.15) is 29.1 Å². The van der Waals surface area contributed by atoms with Crippen LogP contribution in [0.3, 0.4) is 0 Å². The third-order valence-electron chi connectivity index (χ3n) is 3.33. The van der Waals surface area contributed by atoms with E-state index >= 15 is 0 Å². The molecule has 3 rings (SSSR count). The molecule has 1 aromatic carbocycles. The normalized spacial score (nSPS) is 10.2. The molecule has 3 aromatic rings. The Morgan fingerprint density at radius 2 is 1.86 bits per heavy atom. The number of hydrogen-bond acceptors (Lipinski definition) is 4. The van der Waals surface area contributed by atoms with E-state index in [0.29, 0.717) is 5.56 Å². The van der Waals surface area contributed by atoms with Crippen LogP contribution in [0, 0.1) is 22.7 Å². The Bertz CT molecular complexity index is 998. The largest absolute Gasteiger partial charge is 0.384 e. The van der Waals surface area contributed by atoms with Crippen molar-refractivity contribution in [1.82, 2.24) is 9.97 Å². The zero-order valence-electron chi connectivity index (χ0n) is 10.8. The molecule has 6 heteroatoms. The van der Waals surface area contributed by atoms with Gasteiger partial charge in [0, 0.05) is 22.7 Å². The van der Waals surface area contributed by atoms with Gasteiger partial charge in [-0.2, -0.15) is 10.5 Å². The smallest absolute Gasteiger partial charge is 0.268 e. The summed E-state index contributed by atoms with van der Waals surface area (Å²) < 4.78 is 0. The van der Waals surface area contributed by atoms with Crippen molar-refractivity contribution in [3.63, 3.8) is 0 Å². The first kappa shape index (κ1) is 12.5. The van der Waals surface area contributed by atoms with E-state index in [9.17, 15) is 15.3 Å². The van der Waals surface area contributed by atoms with Crippen molar-refractivity contribution in [3.05, 3.63) is 51.9 Å². The van der Waals surface area contributed by atoms with Gasteiger partial charge in [0.25, 0.3) is 5.56 Å². The van der Waals surface area contributed by atoms with Crippen LogP contribution in [0.4, 0.5) is 5.82 Å². The number of H-pyrrole nitrogens is 2. The summed E-state index contributed by atoms with van der Waals surface area (Å²) in [7, 11) is 0. The minimum Gasteiger partial charge on any atom is -0.384 e. The zero-order valence-corrected chi connectivity index (χ0v) is 10.8. The molecule has 21 heavy (non-hydrogen) atoms. The summed E-state index contributed by atoms with van der Waals surface area (Å²) in [5, 5.41) is 19.4. The molecule has 0 aliphatic carbocycles. The van der Waals surface area contributed by atoms with E-state index in [-0.39, 0.29) is 22.5 Å². The fourth-order valence-corrected chi connectivity index (χ4v) is 2.42. The van der Waals surface area contributed by atoms with Crippen molar-refractivity contribution in [3.8, 4) is 23.3 Å². The molecule has 0 spiro atoms. The summed E-state index contributed by atoms with van der Waals surface area (Å²) in [5.74, 6) is -0.0379. The van der Waals surface area contributed by atoms with E-state index in [1.807, 2.05) is 24.3 Å². The monoisotopic (exact) mass is 275 g/mol. The maximum atomic E-state index is 11.9. The number of aromatic amines is 2. The van der Waals surface area contributed by atoms with Gasteiger partial charge in [-0.15, -0.1) is 0 Å². The Hall–Kier alpha value is -3.51. The molecule has 0 saturated heterocycles. The minimum atomic E-state index is -0.600. The van der Waals surface area contributed by atoms with Crippen LogP contribution in [0.1, 0.15) is 11.1 Å². The zero-order chi connectivity index (χ0) is 15.0. The number of pyridine rings is 1. The first-order chi connectivity index (χ1) is 10.2. The van der Waals surface area contributed by atoms with E-state index in [1.54, 1.807) is 18.3 Å². The van der Waals surface area contributed by atoms with Gasteiger partial charge in [-0.05, 0) is 17.7 Å². The van der Waals surface area contributed by atoms with Crippen molar-refractivity contribution in [2.45, 2.75) is 0 Å². The fraction of sp³-hybridized carbons (Fsp3) is 0. The number of hydrogen-bond donors (Lipinski definition) is 3. The second kappa shape index (κ2) is 4.55. The van der Waals surface area contributed by atoms with Gasteiger partial charge in [-0.1, -0.05) is 12.1 Å². The summed E-state index contributed by atoms with van der Waals surface area (Å²) in [4.78, 5) is 17.3. The fourth-order valence-electron chi connectivity index (χ4n) is 2.42. The second-order valence-electron chi connectivity index (χ2n) is 4.46. The van der Waals surface area contributed by atoms with Gasteiger partial charge in [-0.25, -0.2) is 0 Å². The van der Waals surface area contributed by atoms with Gasteiger partial charge < -0.3 is 15.7 Å². The summed E-state index contributed by atoms with van der Waals surface area (Å²) >= 11 is 0. The molecule has 0 unspecified atom stereocenters. The molecule has 0 amide bonds. The van der Waals surface area contributed by atoms with Crippen molar-refractivity contribution < 1.29 is 0 Å². The summed E-state index contributed by atoms with van der Waals surface area (Å²) in [6.45, 7) is 0. The number of rotatable bonds is 1. The lowest BCUT2D eigenvalue weighted by molar-refractivity contribution is 1.21. The summed E-state index contributed by atoms with van der Waals surface area (Å²) in [6, 6.07) is 11.1. The molecular weight excluding hydrogens is 266 g/mol. The molecule has 0 bridgehead atoms. The van der Waals surface area contributed by atoms with Crippen LogP contribution in [-0.2, 0) is 0 Å².